The van der Waals surface area contributed by atoms with Crippen LogP contribution in [0.1, 0.15) is 44.2 Å². The zero-order chi connectivity index (χ0) is 22.3. The molecule has 0 aromatic heterocycles. The quantitative estimate of drug-likeness (QED) is 0.669. The van der Waals surface area contributed by atoms with Crippen molar-refractivity contribution in [3.63, 3.8) is 0 Å². The number of carbonyl (C=O) groups is 1. The topological polar surface area (TPSA) is 47.6 Å². The van der Waals surface area contributed by atoms with Gasteiger partial charge in [0.25, 0.3) is 0 Å². The molecule has 2 aromatic carbocycles. The van der Waals surface area contributed by atoms with Gasteiger partial charge in [-0.15, -0.1) is 0 Å². The highest BCUT2D eigenvalue weighted by atomic mass is 16.2. The van der Waals surface area contributed by atoms with Gasteiger partial charge in [0.1, 0.15) is 0 Å². The minimum absolute atomic E-state index is 0.0618. The molecule has 2 aromatic rings. The second kappa shape index (κ2) is 11.1. The lowest BCUT2D eigenvalue weighted by Crippen LogP contribution is -2.46. The van der Waals surface area contributed by atoms with Crippen molar-refractivity contribution in [1.82, 2.24) is 20.4 Å². The van der Waals surface area contributed by atoms with Gasteiger partial charge < -0.3 is 10.6 Å². The van der Waals surface area contributed by atoms with Gasteiger partial charge in [0.2, 0.25) is 5.91 Å². The summed E-state index contributed by atoms with van der Waals surface area (Å²) >= 11 is 0. The Balaban J connectivity index is 1.31. The Morgan fingerprint density at radius 3 is 2.09 bits per heavy atom. The van der Waals surface area contributed by atoms with E-state index in [-0.39, 0.29) is 18.0 Å². The van der Waals surface area contributed by atoms with Crippen LogP contribution in [0, 0.1) is 0 Å². The number of hydrogen-bond donors (Lipinski definition) is 2. The fourth-order valence-corrected chi connectivity index (χ4v) is 5.10. The van der Waals surface area contributed by atoms with E-state index in [1.807, 2.05) is 19.9 Å². The molecule has 0 radical (unpaired) electrons. The van der Waals surface area contributed by atoms with Crippen LogP contribution in [-0.4, -0.2) is 59.5 Å². The lowest BCUT2D eigenvalue weighted by molar-refractivity contribution is -0.126. The van der Waals surface area contributed by atoms with E-state index in [0.29, 0.717) is 12.1 Å². The highest BCUT2D eigenvalue weighted by Gasteiger charge is 2.37. The van der Waals surface area contributed by atoms with Crippen molar-refractivity contribution in [2.24, 2.45) is 0 Å². The first-order chi connectivity index (χ1) is 15.6. The monoisotopic (exact) mass is 434 g/mol. The van der Waals surface area contributed by atoms with Gasteiger partial charge in [0, 0.05) is 37.8 Å². The number of rotatable bonds is 8. The van der Waals surface area contributed by atoms with Crippen LogP contribution in [0.3, 0.4) is 0 Å². The molecular weight excluding hydrogens is 396 g/mol. The Labute approximate surface area is 193 Å². The van der Waals surface area contributed by atoms with Gasteiger partial charge in [0.05, 0.1) is 6.04 Å². The summed E-state index contributed by atoms with van der Waals surface area (Å²) < 4.78 is 0. The summed E-state index contributed by atoms with van der Waals surface area (Å²) in [6.07, 6.45) is 3.23. The summed E-state index contributed by atoms with van der Waals surface area (Å²) in [5, 5.41) is 7.05. The molecule has 4 rings (SSSR count). The van der Waals surface area contributed by atoms with E-state index in [0.717, 1.165) is 39.1 Å². The highest BCUT2D eigenvalue weighted by molar-refractivity contribution is 5.82. The smallest absolute Gasteiger partial charge is 0.237 e. The van der Waals surface area contributed by atoms with Gasteiger partial charge in [-0.3, -0.25) is 14.6 Å². The van der Waals surface area contributed by atoms with E-state index in [2.05, 4.69) is 75.0 Å². The van der Waals surface area contributed by atoms with Crippen LogP contribution >= 0.6 is 0 Å². The van der Waals surface area contributed by atoms with E-state index < -0.39 is 0 Å². The number of piperidine rings is 1. The second-order valence-corrected chi connectivity index (χ2v) is 9.73. The van der Waals surface area contributed by atoms with Gasteiger partial charge in [0.15, 0.2) is 0 Å². The molecule has 0 aliphatic carbocycles. The average Bonchev–Trinajstić information content (AvgIpc) is 3.18. The largest absolute Gasteiger partial charge is 0.353 e. The first-order valence-electron chi connectivity index (χ1n) is 12.2. The minimum atomic E-state index is -0.0618. The van der Waals surface area contributed by atoms with Crippen LogP contribution in [-0.2, 0) is 17.9 Å². The minimum Gasteiger partial charge on any atom is -0.353 e. The molecule has 1 amide bonds. The maximum Gasteiger partial charge on any atom is 0.237 e. The highest BCUT2D eigenvalue weighted by Crippen LogP contribution is 2.23. The summed E-state index contributed by atoms with van der Waals surface area (Å²) in [5.41, 5.74) is 2.66. The first-order valence-corrected chi connectivity index (χ1v) is 12.2. The number of hydrogen-bond acceptors (Lipinski definition) is 4. The zero-order valence-corrected chi connectivity index (χ0v) is 19.5. The third-order valence-corrected chi connectivity index (χ3v) is 6.67. The van der Waals surface area contributed by atoms with Crippen LogP contribution < -0.4 is 10.6 Å². The van der Waals surface area contributed by atoms with Crippen molar-refractivity contribution in [2.75, 3.05) is 19.6 Å². The maximum absolute atomic E-state index is 12.9. The SMILES string of the molecule is CC(C)NC(=O)[C@@H]1C[C@@H](NC2CCN(Cc3ccccc3)CC2)CN1Cc1ccccc1. The van der Waals surface area contributed by atoms with Crippen molar-refractivity contribution < 1.29 is 4.79 Å². The molecule has 0 bridgehead atoms. The molecule has 0 spiro atoms. The predicted molar refractivity (Wildman–Crippen MR) is 130 cm³/mol. The molecule has 2 saturated heterocycles. The standard InChI is InChI=1S/C27H38N4O/c1-21(2)28-27(32)26-17-25(20-31(26)19-23-11-7-4-8-12-23)29-24-13-15-30(16-14-24)18-22-9-5-3-6-10-22/h3-12,21,24-26,29H,13-20H2,1-2H3,(H,28,32)/t25-,26+/m1/s1. The van der Waals surface area contributed by atoms with E-state index in [1.165, 1.54) is 24.0 Å². The summed E-state index contributed by atoms with van der Waals surface area (Å²) in [6, 6.07) is 22.3. The number of benzene rings is 2. The molecule has 2 heterocycles. The van der Waals surface area contributed by atoms with E-state index in [4.69, 9.17) is 0 Å². The van der Waals surface area contributed by atoms with Crippen LogP contribution in [0.4, 0.5) is 0 Å². The molecule has 0 saturated carbocycles. The van der Waals surface area contributed by atoms with Crippen molar-refractivity contribution in [1.29, 1.82) is 0 Å². The van der Waals surface area contributed by atoms with Gasteiger partial charge in [-0.05, 0) is 57.3 Å². The Hall–Kier alpha value is -2.21. The summed E-state index contributed by atoms with van der Waals surface area (Å²) in [6.45, 7) is 9.12. The van der Waals surface area contributed by atoms with Gasteiger partial charge >= 0.3 is 0 Å². The number of likely N-dealkylation sites (tertiary alicyclic amines) is 2. The maximum atomic E-state index is 12.9. The van der Waals surface area contributed by atoms with Crippen LogP contribution in [0.15, 0.2) is 60.7 Å². The predicted octanol–water partition coefficient (Wildman–Crippen LogP) is 3.41. The van der Waals surface area contributed by atoms with Crippen molar-refractivity contribution >= 4 is 5.91 Å². The van der Waals surface area contributed by atoms with Crippen molar-refractivity contribution in [2.45, 2.75) is 70.4 Å². The molecule has 2 aliphatic heterocycles. The van der Waals surface area contributed by atoms with Gasteiger partial charge in [-0.2, -0.15) is 0 Å². The van der Waals surface area contributed by atoms with Gasteiger partial charge in [-0.1, -0.05) is 60.7 Å². The molecule has 2 atom stereocenters. The van der Waals surface area contributed by atoms with Gasteiger partial charge in [-0.25, -0.2) is 0 Å². The molecule has 32 heavy (non-hydrogen) atoms. The molecule has 2 fully saturated rings. The fourth-order valence-electron chi connectivity index (χ4n) is 5.10. The number of carbonyl (C=O) groups excluding carboxylic acids is 1. The lowest BCUT2D eigenvalue weighted by Gasteiger charge is -2.34. The molecule has 2 N–H and O–H groups in total. The van der Waals surface area contributed by atoms with Crippen LogP contribution in [0.5, 0.6) is 0 Å². The number of amides is 1. The summed E-state index contributed by atoms with van der Waals surface area (Å²) in [4.78, 5) is 17.8. The summed E-state index contributed by atoms with van der Waals surface area (Å²) in [5.74, 6) is 0.165. The molecule has 172 valence electrons. The molecular formula is C27H38N4O. The molecule has 2 aliphatic rings. The summed E-state index contributed by atoms with van der Waals surface area (Å²) in [7, 11) is 0. The normalized spacial score (nSPS) is 23.0. The molecule has 5 heteroatoms. The second-order valence-electron chi connectivity index (χ2n) is 9.73. The Morgan fingerprint density at radius 1 is 0.906 bits per heavy atom. The van der Waals surface area contributed by atoms with Crippen molar-refractivity contribution in [3.05, 3.63) is 71.8 Å². The molecule has 5 nitrogen and oxygen atoms in total. The molecule has 0 unspecified atom stereocenters. The third kappa shape index (κ3) is 6.41. The fraction of sp³-hybridized carbons (Fsp3) is 0.519. The first kappa shape index (κ1) is 23.0. The Bertz CT molecular complexity index is 833. The van der Waals surface area contributed by atoms with E-state index >= 15 is 0 Å². The van der Waals surface area contributed by atoms with Crippen molar-refractivity contribution in [3.8, 4) is 0 Å². The lowest BCUT2D eigenvalue weighted by atomic mass is 10.0. The van der Waals surface area contributed by atoms with E-state index in [1.54, 1.807) is 0 Å². The van der Waals surface area contributed by atoms with Crippen LogP contribution in [0.2, 0.25) is 0 Å². The third-order valence-electron chi connectivity index (χ3n) is 6.67. The number of nitrogens with one attached hydrogen (secondary N) is 2. The average molecular weight is 435 g/mol. The van der Waals surface area contributed by atoms with E-state index in [9.17, 15) is 4.79 Å². The zero-order valence-electron chi connectivity index (χ0n) is 19.5. The Kier molecular flexibility index (Phi) is 7.95. The Morgan fingerprint density at radius 2 is 1.50 bits per heavy atom. The number of nitrogens with zero attached hydrogens (tertiary/aromatic N) is 2. The van der Waals surface area contributed by atoms with Crippen LogP contribution in [0.25, 0.3) is 0 Å².